The van der Waals surface area contributed by atoms with Crippen LogP contribution in [0.15, 0.2) is 30.6 Å². The molecule has 0 unspecified atom stereocenters. The van der Waals surface area contributed by atoms with Crippen LogP contribution < -0.4 is 4.74 Å². The number of carboxylic acids is 1. The molecule has 0 aliphatic carbocycles. The highest BCUT2D eigenvalue weighted by Crippen LogP contribution is 2.30. The molecule has 0 aliphatic heterocycles. The van der Waals surface area contributed by atoms with E-state index in [1.165, 1.54) is 19.5 Å². The van der Waals surface area contributed by atoms with E-state index in [4.69, 9.17) is 21.4 Å². The minimum atomic E-state index is -0.957. The van der Waals surface area contributed by atoms with Gasteiger partial charge >= 0.3 is 5.97 Å². The van der Waals surface area contributed by atoms with Crippen LogP contribution in [0.2, 0.25) is 5.02 Å². The largest absolute Gasteiger partial charge is 0.495 e. The highest BCUT2D eigenvalue weighted by molar-refractivity contribution is 6.32. The van der Waals surface area contributed by atoms with Gasteiger partial charge in [0.2, 0.25) is 0 Å². The number of benzene rings is 1. The van der Waals surface area contributed by atoms with Crippen LogP contribution in [0.1, 0.15) is 5.69 Å². The van der Waals surface area contributed by atoms with Crippen LogP contribution in [0.4, 0.5) is 0 Å². The lowest BCUT2D eigenvalue weighted by Crippen LogP contribution is -2.05. The van der Waals surface area contributed by atoms with Crippen LogP contribution in [0.5, 0.6) is 5.75 Å². The molecule has 2 aromatic rings. The van der Waals surface area contributed by atoms with E-state index in [9.17, 15) is 4.79 Å². The molecule has 0 saturated heterocycles. The van der Waals surface area contributed by atoms with Crippen LogP contribution in [-0.2, 0) is 11.2 Å². The lowest BCUT2D eigenvalue weighted by Gasteiger charge is -2.08. The van der Waals surface area contributed by atoms with E-state index in [2.05, 4.69) is 9.97 Å². The molecule has 0 atom stereocenters. The first-order valence-electron chi connectivity index (χ1n) is 5.47. The molecule has 1 N–H and O–H groups in total. The molecule has 0 amide bonds. The van der Waals surface area contributed by atoms with E-state index >= 15 is 0 Å². The van der Waals surface area contributed by atoms with E-state index < -0.39 is 5.97 Å². The van der Waals surface area contributed by atoms with E-state index in [0.29, 0.717) is 27.7 Å². The van der Waals surface area contributed by atoms with Crippen LogP contribution in [-0.4, -0.2) is 28.2 Å². The molecule has 0 saturated carbocycles. The van der Waals surface area contributed by atoms with E-state index in [0.717, 1.165) is 0 Å². The van der Waals surface area contributed by atoms with Crippen molar-refractivity contribution in [2.75, 3.05) is 7.11 Å². The fourth-order valence-corrected chi connectivity index (χ4v) is 1.95. The first-order chi connectivity index (χ1) is 9.11. The Bertz CT molecular complexity index is 617. The van der Waals surface area contributed by atoms with Gasteiger partial charge < -0.3 is 9.84 Å². The molecule has 2 rings (SSSR count). The smallest absolute Gasteiger partial charge is 0.309 e. The van der Waals surface area contributed by atoms with E-state index in [-0.39, 0.29) is 6.42 Å². The van der Waals surface area contributed by atoms with Crippen molar-refractivity contribution in [2.45, 2.75) is 6.42 Å². The van der Waals surface area contributed by atoms with Gasteiger partial charge in [-0.05, 0) is 18.2 Å². The van der Waals surface area contributed by atoms with E-state index in [1.54, 1.807) is 18.2 Å². The summed E-state index contributed by atoms with van der Waals surface area (Å²) in [5, 5.41) is 9.30. The topological polar surface area (TPSA) is 72.3 Å². The Morgan fingerprint density at radius 3 is 2.74 bits per heavy atom. The molecular weight excluding hydrogens is 268 g/mol. The number of carboxylic acid groups (broad SMARTS) is 1. The number of rotatable bonds is 4. The fraction of sp³-hybridized carbons (Fsp3) is 0.154. The van der Waals surface area contributed by atoms with Gasteiger partial charge in [-0.3, -0.25) is 14.8 Å². The highest BCUT2D eigenvalue weighted by Gasteiger charge is 2.12. The number of hydrogen-bond acceptors (Lipinski definition) is 4. The van der Waals surface area contributed by atoms with Gasteiger partial charge in [0, 0.05) is 18.0 Å². The van der Waals surface area contributed by atoms with Crippen LogP contribution >= 0.6 is 11.6 Å². The number of carbonyl (C=O) groups is 1. The third kappa shape index (κ3) is 3.00. The van der Waals surface area contributed by atoms with Crippen LogP contribution in [0, 0.1) is 0 Å². The third-order valence-electron chi connectivity index (χ3n) is 2.52. The van der Waals surface area contributed by atoms with Crippen molar-refractivity contribution in [1.29, 1.82) is 0 Å². The van der Waals surface area contributed by atoms with Crippen molar-refractivity contribution in [1.82, 2.24) is 9.97 Å². The maximum absolute atomic E-state index is 10.8. The Labute approximate surface area is 114 Å². The van der Waals surface area contributed by atoms with Crippen molar-refractivity contribution in [2.24, 2.45) is 0 Å². The summed E-state index contributed by atoms with van der Waals surface area (Å²) < 4.78 is 5.07. The highest BCUT2D eigenvalue weighted by atomic mass is 35.5. The van der Waals surface area contributed by atoms with Gasteiger partial charge in [0.1, 0.15) is 5.75 Å². The summed E-state index contributed by atoms with van der Waals surface area (Å²) in [6.07, 6.45) is 2.79. The average molecular weight is 279 g/mol. The Morgan fingerprint density at radius 2 is 2.11 bits per heavy atom. The average Bonchev–Trinajstić information content (AvgIpc) is 2.38. The maximum atomic E-state index is 10.8. The first kappa shape index (κ1) is 13.3. The number of aliphatic carboxylic acids is 1. The molecule has 5 nitrogen and oxygen atoms in total. The van der Waals surface area contributed by atoms with Gasteiger partial charge in [-0.2, -0.15) is 0 Å². The summed E-state index contributed by atoms with van der Waals surface area (Å²) in [5.41, 5.74) is 1.61. The molecule has 6 heteroatoms. The van der Waals surface area contributed by atoms with Gasteiger partial charge in [-0.25, -0.2) is 0 Å². The number of nitrogens with zero attached hydrogens (tertiary/aromatic N) is 2. The molecule has 98 valence electrons. The Kier molecular flexibility index (Phi) is 3.97. The van der Waals surface area contributed by atoms with Crippen molar-refractivity contribution in [3.05, 3.63) is 41.3 Å². The van der Waals surface area contributed by atoms with Crippen LogP contribution in [0.25, 0.3) is 11.3 Å². The second kappa shape index (κ2) is 5.67. The number of methoxy groups -OCH3 is 1. The SMILES string of the molecule is COc1ccc(-c2nccnc2CC(=O)O)cc1Cl. The predicted octanol–water partition coefficient (Wildman–Crippen LogP) is 2.43. The standard InChI is InChI=1S/C13H11ClN2O3/c1-19-11-3-2-8(6-9(11)14)13-10(7-12(17)18)15-4-5-16-13/h2-6H,7H2,1H3,(H,17,18). The molecule has 0 bridgehead atoms. The summed E-state index contributed by atoms with van der Waals surface area (Å²) in [6.45, 7) is 0. The molecule has 0 fully saturated rings. The summed E-state index contributed by atoms with van der Waals surface area (Å²) in [5.74, 6) is -0.407. The number of ether oxygens (including phenoxy) is 1. The third-order valence-corrected chi connectivity index (χ3v) is 2.81. The zero-order valence-corrected chi connectivity index (χ0v) is 10.9. The first-order valence-corrected chi connectivity index (χ1v) is 5.85. The second-order valence-electron chi connectivity index (χ2n) is 3.77. The van der Waals surface area contributed by atoms with Crippen molar-refractivity contribution >= 4 is 17.6 Å². The minimum absolute atomic E-state index is 0.188. The second-order valence-corrected chi connectivity index (χ2v) is 4.18. The van der Waals surface area contributed by atoms with Crippen molar-refractivity contribution in [3.8, 4) is 17.0 Å². The van der Waals surface area contributed by atoms with Gasteiger partial charge in [0.25, 0.3) is 0 Å². The molecule has 1 aromatic carbocycles. The molecule has 0 spiro atoms. The van der Waals surface area contributed by atoms with Gasteiger partial charge in [0.05, 0.1) is 29.9 Å². The Morgan fingerprint density at radius 1 is 1.37 bits per heavy atom. The van der Waals surface area contributed by atoms with Gasteiger partial charge in [0.15, 0.2) is 0 Å². The van der Waals surface area contributed by atoms with E-state index in [1.807, 2.05) is 0 Å². The zero-order chi connectivity index (χ0) is 13.8. The molecule has 1 aromatic heterocycles. The summed E-state index contributed by atoms with van der Waals surface area (Å²) in [6, 6.07) is 5.15. The molecule has 0 aliphatic rings. The lowest BCUT2D eigenvalue weighted by molar-refractivity contribution is -0.136. The molecule has 0 radical (unpaired) electrons. The monoisotopic (exact) mass is 278 g/mol. The van der Waals surface area contributed by atoms with Crippen molar-refractivity contribution in [3.63, 3.8) is 0 Å². The lowest BCUT2D eigenvalue weighted by atomic mass is 10.1. The van der Waals surface area contributed by atoms with Gasteiger partial charge in [-0.15, -0.1) is 0 Å². The maximum Gasteiger partial charge on any atom is 0.309 e. The Balaban J connectivity index is 2.46. The number of hydrogen-bond donors (Lipinski definition) is 1. The normalized spacial score (nSPS) is 10.2. The molecular formula is C13H11ClN2O3. The summed E-state index contributed by atoms with van der Waals surface area (Å²) in [7, 11) is 1.53. The molecule has 1 heterocycles. The number of aromatic nitrogens is 2. The predicted molar refractivity (Wildman–Crippen MR) is 70.4 cm³/mol. The molecule has 19 heavy (non-hydrogen) atoms. The number of halogens is 1. The zero-order valence-electron chi connectivity index (χ0n) is 10.1. The van der Waals surface area contributed by atoms with Crippen molar-refractivity contribution < 1.29 is 14.6 Å². The van der Waals surface area contributed by atoms with Crippen LogP contribution in [0.3, 0.4) is 0 Å². The van der Waals surface area contributed by atoms with Gasteiger partial charge in [-0.1, -0.05) is 11.6 Å². The minimum Gasteiger partial charge on any atom is -0.495 e. The Hall–Kier alpha value is -2.14. The quantitative estimate of drug-likeness (QED) is 0.930. The summed E-state index contributed by atoms with van der Waals surface area (Å²) in [4.78, 5) is 19.0. The fourth-order valence-electron chi connectivity index (χ4n) is 1.69. The summed E-state index contributed by atoms with van der Waals surface area (Å²) >= 11 is 6.05.